The highest BCUT2D eigenvalue weighted by atomic mass is 16.5. The van der Waals surface area contributed by atoms with Gasteiger partial charge in [-0.15, -0.1) is 0 Å². The summed E-state index contributed by atoms with van der Waals surface area (Å²) in [4.78, 5) is 0. The Kier molecular flexibility index (Phi) is 2.62. The first-order valence-electron chi connectivity index (χ1n) is 3.68. The Balaban J connectivity index is 2.14. The third kappa shape index (κ3) is 1.95. The molecule has 0 aromatic heterocycles. The van der Waals surface area contributed by atoms with Gasteiger partial charge in [0.15, 0.2) is 0 Å². The van der Waals surface area contributed by atoms with Gasteiger partial charge in [-0.05, 0) is 6.42 Å². The number of hydrogen-bond acceptors (Lipinski definition) is 4. The van der Waals surface area contributed by atoms with Crippen molar-refractivity contribution in [3.63, 3.8) is 0 Å². The molecular formula is C6H12N3O-. The van der Waals surface area contributed by atoms with E-state index in [1.54, 1.807) is 0 Å². The van der Waals surface area contributed by atoms with Crippen molar-refractivity contribution in [3.05, 3.63) is 5.21 Å². The van der Waals surface area contributed by atoms with E-state index < -0.39 is 0 Å². The van der Waals surface area contributed by atoms with E-state index in [9.17, 15) is 5.21 Å². The van der Waals surface area contributed by atoms with Gasteiger partial charge in [0, 0.05) is 6.54 Å². The summed E-state index contributed by atoms with van der Waals surface area (Å²) in [5.41, 5.74) is 0. The molecule has 4 nitrogen and oxygen atoms in total. The molecule has 1 heterocycles. The zero-order valence-corrected chi connectivity index (χ0v) is 6.16. The van der Waals surface area contributed by atoms with Crippen molar-refractivity contribution in [1.29, 1.82) is 0 Å². The van der Waals surface area contributed by atoms with Gasteiger partial charge >= 0.3 is 0 Å². The molecule has 1 aliphatic heterocycles. The quantitative estimate of drug-likeness (QED) is 0.602. The zero-order chi connectivity index (χ0) is 7.40. The number of nitrogens with zero attached hydrogens (tertiary/aromatic N) is 3. The van der Waals surface area contributed by atoms with Crippen LogP contribution < -0.4 is 0 Å². The second-order valence-corrected chi connectivity index (χ2v) is 2.54. The summed E-state index contributed by atoms with van der Waals surface area (Å²) in [5, 5.41) is 18.3. The molecular weight excluding hydrogens is 130 g/mol. The van der Waals surface area contributed by atoms with E-state index in [0.29, 0.717) is 11.7 Å². The molecule has 0 aromatic rings. The highest BCUT2D eigenvalue weighted by Crippen LogP contribution is 2.12. The molecule has 0 bridgehead atoms. The standard InChI is InChI=1S/C6H12N3O/c1-2-3-4-6-5-9(10)8-7-6/h6H,2-5H2,1H3/q-1. The van der Waals surface area contributed by atoms with Crippen LogP contribution in [0.3, 0.4) is 0 Å². The normalized spacial score (nSPS) is 24.2. The van der Waals surface area contributed by atoms with Crippen molar-refractivity contribution < 1.29 is 0 Å². The predicted octanol–water partition coefficient (Wildman–Crippen LogP) is 1.73. The molecule has 4 heteroatoms. The maximum atomic E-state index is 10.5. The zero-order valence-electron chi connectivity index (χ0n) is 6.16. The van der Waals surface area contributed by atoms with E-state index in [4.69, 9.17) is 0 Å². The average Bonchev–Trinajstić information content (AvgIpc) is 2.31. The van der Waals surface area contributed by atoms with Crippen molar-refractivity contribution in [3.8, 4) is 0 Å². The van der Waals surface area contributed by atoms with Crippen LogP contribution in [0.2, 0.25) is 0 Å². The molecule has 0 aromatic carbocycles. The van der Waals surface area contributed by atoms with Gasteiger partial charge in [-0.2, -0.15) is 5.11 Å². The topological polar surface area (TPSA) is 51.0 Å². The summed E-state index contributed by atoms with van der Waals surface area (Å²) in [6, 6.07) is 0.164. The first-order valence-corrected chi connectivity index (χ1v) is 3.68. The number of unbranched alkanes of at least 4 members (excludes halogenated alkanes) is 1. The second kappa shape index (κ2) is 3.51. The molecule has 58 valence electrons. The van der Waals surface area contributed by atoms with Crippen molar-refractivity contribution in [1.82, 2.24) is 5.17 Å². The minimum absolute atomic E-state index is 0.164. The monoisotopic (exact) mass is 142 g/mol. The maximum absolute atomic E-state index is 10.5. The first-order chi connectivity index (χ1) is 4.83. The van der Waals surface area contributed by atoms with Crippen LogP contribution in [0.5, 0.6) is 0 Å². The van der Waals surface area contributed by atoms with Gasteiger partial charge < -0.3 is 10.4 Å². The fourth-order valence-corrected chi connectivity index (χ4v) is 0.973. The Morgan fingerprint density at radius 1 is 1.70 bits per heavy atom. The van der Waals surface area contributed by atoms with Crippen LogP contribution in [0.4, 0.5) is 0 Å². The molecule has 1 rings (SSSR count). The summed E-state index contributed by atoms with van der Waals surface area (Å²) in [5.74, 6) is 0. The SMILES string of the molecule is CCCCC1CN([O-])N=N1. The number of hydrogen-bond donors (Lipinski definition) is 0. The Morgan fingerprint density at radius 2 is 2.50 bits per heavy atom. The Bertz CT molecular complexity index is 126. The molecule has 0 fully saturated rings. The highest BCUT2D eigenvalue weighted by molar-refractivity contribution is 4.72. The van der Waals surface area contributed by atoms with Gasteiger partial charge in [-0.1, -0.05) is 25.0 Å². The molecule has 0 saturated carbocycles. The van der Waals surface area contributed by atoms with E-state index in [2.05, 4.69) is 17.3 Å². The summed E-state index contributed by atoms with van der Waals surface area (Å²) < 4.78 is 0. The molecule has 0 saturated heterocycles. The molecule has 0 aliphatic carbocycles. The smallest absolute Gasteiger partial charge is 0.0911 e. The van der Waals surface area contributed by atoms with Crippen LogP contribution in [-0.4, -0.2) is 17.8 Å². The lowest BCUT2D eigenvalue weighted by Gasteiger charge is -2.16. The van der Waals surface area contributed by atoms with Gasteiger partial charge in [-0.3, -0.25) is 0 Å². The van der Waals surface area contributed by atoms with Crippen molar-refractivity contribution >= 4 is 0 Å². The third-order valence-corrected chi connectivity index (χ3v) is 1.57. The predicted molar refractivity (Wildman–Crippen MR) is 38.2 cm³/mol. The van der Waals surface area contributed by atoms with Crippen LogP contribution in [0.25, 0.3) is 0 Å². The molecule has 10 heavy (non-hydrogen) atoms. The highest BCUT2D eigenvalue weighted by Gasteiger charge is 2.11. The summed E-state index contributed by atoms with van der Waals surface area (Å²) in [7, 11) is 0. The van der Waals surface area contributed by atoms with Crippen LogP contribution in [0, 0.1) is 5.21 Å². The Morgan fingerprint density at radius 3 is 3.00 bits per heavy atom. The summed E-state index contributed by atoms with van der Waals surface area (Å²) >= 11 is 0. The largest absolute Gasteiger partial charge is 0.740 e. The molecule has 1 atom stereocenters. The van der Waals surface area contributed by atoms with Crippen LogP contribution >= 0.6 is 0 Å². The molecule has 0 amide bonds. The van der Waals surface area contributed by atoms with Gasteiger partial charge in [0.05, 0.1) is 6.04 Å². The van der Waals surface area contributed by atoms with E-state index in [-0.39, 0.29) is 6.04 Å². The molecule has 1 aliphatic rings. The maximum Gasteiger partial charge on any atom is 0.0911 e. The average molecular weight is 142 g/mol. The van der Waals surface area contributed by atoms with Crippen molar-refractivity contribution in [2.75, 3.05) is 6.54 Å². The van der Waals surface area contributed by atoms with Crippen LogP contribution in [0.15, 0.2) is 10.3 Å². The minimum Gasteiger partial charge on any atom is -0.740 e. The van der Waals surface area contributed by atoms with E-state index in [0.717, 1.165) is 19.3 Å². The fourth-order valence-electron chi connectivity index (χ4n) is 0.973. The van der Waals surface area contributed by atoms with Gasteiger partial charge in [-0.25, -0.2) is 0 Å². The number of rotatable bonds is 3. The van der Waals surface area contributed by atoms with Gasteiger partial charge in [0.25, 0.3) is 0 Å². The second-order valence-electron chi connectivity index (χ2n) is 2.54. The van der Waals surface area contributed by atoms with E-state index in [1.807, 2.05) is 0 Å². The lowest BCUT2D eigenvalue weighted by Crippen LogP contribution is -2.14. The summed E-state index contributed by atoms with van der Waals surface area (Å²) in [6.07, 6.45) is 3.29. The molecule has 0 radical (unpaired) electrons. The van der Waals surface area contributed by atoms with Crippen LogP contribution in [-0.2, 0) is 0 Å². The molecule has 1 unspecified atom stereocenters. The van der Waals surface area contributed by atoms with Crippen molar-refractivity contribution in [2.24, 2.45) is 10.3 Å². The summed E-state index contributed by atoms with van der Waals surface area (Å²) in [6.45, 7) is 2.58. The minimum atomic E-state index is 0.164. The van der Waals surface area contributed by atoms with Gasteiger partial charge in [0.1, 0.15) is 0 Å². The fraction of sp³-hybridized carbons (Fsp3) is 1.00. The van der Waals surface area contributed by atoms with E-state index in [1.165, 1.54) is 0 Å². The van der Waals surface area contributed by atoms with E-state index >= 15 is 0 Å². The molecule has 0 N–H and O–H groups in total. The Hall–Kier alpha value is -0.640. The Labute approximate surface area is 60.5 Å². The lowest BCUT2D eigenvalue weighted by molar-refractivity contribution is 0.419. The first kappa shape index (κ1) is 7.47. The van der Waals surface area contributed by atoms with Crippen molar-refractivity contribution in [2.45, 2.75) is 32.2 Å². The number of hydroxylamine groups is 1. The third-order valence-electron chi connectivity index (χ3n) is 1.57. The van der Waals surface area contributed by atoms with Crippen LogP contribution in [0.1, 0.15) is 26.2 Å². The van der Waals surface area contributed by atoms with Gasteiger partial charge in [0.2, 0.25) is 0 Å². The lowest BCUT2D eigenvalue weighted by atomic mass is 10.1. The molecule has 0 spiro atoms.